The van der Waals surface area contributed by atoms with Crippen LogP contribution in [-0.4, -0.2) is 29.3 Å². The van der Waals surface area contributed by atoms with Crippen molar-refractivity contribution in [1.82, 2.24) is 10.2 Å². The van der Waals surface area contributed by atoms with Crippen LogP contribution in [0.2, 0.25) is 0 Å². The van der Waals surface area contributed by atoms with Gasteiger partial charge in [0.05, 0.1) is 0 Å². The number of amides is 2. The minimum absolute atomic E-state index is 0.000949. The Morgan fingerprint density at radius 3 is 2.24 bits per heavy atom. The third-order valence-electron chi connectivity index (χ3n) is 5.20. The lowest BCUT2D eigenvalue weighted by atomic mass is 10.0. The van der Waals surface area contributed by atoms with Gasteiger partial charge < -0.3 is 10.2 Å². The van der Waals surface area contributed by atoms with Crippen molar-refractivity contribution in [3.8, 4) is 0 Å². The zero-order chi connectivity index (χ0) is 21.4. The van der Waals surface area contributed by atoms with Gasteiger partial charge in [0, 0.05) is 19.5 Å². The predicted octanol–water partition coefficient (Wildman–Crippen LogP) is 4.43. The molecule has 29 heavy (non-hydrogen) atoms. The van der Waals surface area contributed by atoms with Crippen LogP contribution in [-0.2, 0) is 22.6 Å². The zero-order valence-electron chi connectivity index (χ0n) is 18.4. The molecule has 0 aliphatic carbocycles. The largest absolute Gasteiger partial charge is 0.354 e. The number of carbonyl (C=O) groups excluding carboxylic acids is 2. The number of aryl methyl sites for hydroxylation is 3. The molecule has 1 N–H and O–H groups in total. The Balaban J connectivity index is 2.13. The van der Waals surface area contributed by atoms with Crippen molar-refractivity contribution in [3.63, 3.8) is 0 Å². The smallest absolute Gasteiger partial charge is 0.242 e. The maximum Gasteiger partial charge on any atom is 0.242 e. The number of nitrogens with one attached hydrogen (secondary N) is 1. The van der Waals surface area contributed by atoms with E-state index in [0.717, 1.165) is 16.7 Å². The van der Waals surface area contributed by atoms with Crippen LogP contribution in [0, 0.1) is 19.8 Å². The van der Waals surface area contributed by atoms with E-state index >= 15 is 0 Å². The minimum Gasteiger partial charge on any atom is -0.354 e. The summed E-state index contributed by atoms with van der Waals surface area (Å²) in [6, 6.07) is 15.8. The predicted molar refractivity (Wildman–Crippen MR) is 119 cm³/mol. The number of benzene rings is 2. The first-order chi connectivity index (χ1) is 13.8. The van der Waals surface area contributed by atoms with Crippen molar-refractivity contribution in [2.45, 2.75) is 60.0 Å². The lowest BCUT2D eigenvalue weighted by Gasteiger charge is -2.29. The Morgan fingerprint density at radius 1 is 0.966 bits per heavy atom. The Labute approximate surface area is 175 Å². The molecule has 0 aliphatic rings. The van der Waals surface area contributed by atoms with Gasteiger partial charge in [-0.25, -0.2) is 0 Å². The van der Waals surface area contributed by atoms with Crippen LogP contribution >= 0.6 is 0 Å². The van der Waals surface area contributed by atoms with Gasteiger partial charge in [0.15, 0.2) is 0 Å². The van der Waals surface area contributed by atoms with E-state index in [1.54, 1.807) is 4.90 Å². The first-order valence-electron chi connectivity index (χ1n) is 10.4. The van der Waals surface area contributed by atoms with E-state index in [2.05, 4.69) is 50.4 Å². The van der Waals surface area contributed by atoms with Crippen LogP contribution in [0.5, 0.6) is 0 Å². The molecule has 0 aromatic heterocycles. The summed E-state index contributed by atoms with van der Waals surface area (Å²) in [6.45, 7) is 11.1. The molecule has 2 amide bonds. The maximum absolute atomic E-state index is 13.1. The quantitative estimate of drug-likeness (QED) is 0.684. The third-order valence-corrected chi connectivity index (χ3v) is 5.20. The van der Waals surface area contributed by atoms with Gasteiger partial charge >= 0.3 is 0 Å². The topological polar surface area (TPSA) is 49.4 Å². The highest BCUT2D eigenvalue weighted by molar-refractivity contribution is 5.87. The van der Waals surface area contributed by atoms with Gasteiger partial charge in [0.1, 0.15) is 6.04 Å². The van der Waals surface area contributed by atoms with Crippen LogP contribution in [0.1, 0.15) is 49.4 Å². The average Bonchev–Trinajstić information content (AvgIpc) is 2.70. The summed E-state index contributed by atoms with van der Waals surface area (Å²) in [6.07, 6.45) is 1.06. The molecular weight excluding hydrogens is 360 g/mol. The Kier molecular flexibility index (Phi) is 8.44. The molecule has 0 spiro atoms. The molecule has 4 nitrogen and oxygen atoms in total. The van der Waals surface area contributed by atoms with Crippen LogP contribution in [0.3, 0.4) is 0 Å². The van der Waals surface area contributed by atoms with Gasteiger partial charge in [-0.1, -0.05) is 67.9 Å². The molecule has 1 unspecified atom stereocenters. The molecule has 2 rings (SSSR count). The molecule has 2 aromatic carbocycles. The molecule has 4 heteroatoms. The monoisotopic (exact) mass is 394 g/mol. The SMILES string of the molecule is Cc1ccc(CCC(=O)N(Cc2ccccc2C)C(C)C(=O)NCC(C)C)cc1. The second-order valence-electron chi connectivity index (χ2n) is 8.25. The van der Waals surface area contributed by atoms with Crippen LogP contribution < -0.4 is 5.32 Å². The van der Waals surface area contributed by atoms with Gasteiger partial charge in [-0.2, -0.15) is 0 Å². The number of carbonyl (C=O) groups is 2. The van der Waals surface area contributed by atoms with Crippen molar-refractivity contribution in [3.05, 3.63) is 70.8 Å². The van der Waals surface area contributed by atoms with E-state index in [1.165, 1.54) is 5.56 Å². The summed E-state index contributed by atoms with van der Waals surface area (Å²) in [5.74, 6) is 0.269. The number of nitrogens with zero attached hydrogens (tertiary/aromatic N) is 1. The second kappa shape index (κ2) is 10.8. The molecule has 0 fully saturated rings. The lowest BCUT2D eigenvalue weighted by Crippen LogP contribution is -2.48. The van der Waals surface area contributed by atoms with Crippen molar-refractivity contribution < 1.29 is 9.59 Å². The second-order valence-corrected chi connectivity index (χ2v) is 8.25. The van der Waals surface area contributed by atoms with Gasteiger partial charge in [-0.3, -0.25) is 9.59 Å². The number of hydrogen-bond acceptors (Lipinski definition) is 2. The zero-order valence-corrected chi connectivity index (χ0v) is 18.4. The summed E-state index contributed by atoms with van der Waals surface area (Å²) in [7, 11) is 0. The minimum atomic E-state index is -0.515. The number of hydrogen-bond donors (Lipinski definition) is 1. The fraction of sp³-hybridized carbons (Fsp3) is 0.440. The fourth-order valence-electron chi connectivity index (χ4n) is 3.16. The summed E-state index contributed by atoms with van der Waals surface area (Å²) < 4.78 is 0. The molecule has 0 bridgehead atoms. The summed E-state index contributed by atoms with van der Waals surface area (Å²) in [5, 5.41) is 2.96. The molecule has 156 valence electrons. The van der Waals surface area contributed by atoms with E-state index in [4.69, 9.17) is 0 Å². The van der Waals surface area contributed by atoms with E-state index in [1.807, 2.05) is 38.1 Å². The van der Waals surface area contributed by atoms with E-state index in [9.17, 15) is 9.59 Å². The van der Waals surface area contributed by atoms with Gasteiger partial charge in [-0.15, -0.1) is 0 Å². The van der Waals surface area contributed by atoms with E-state index in [-0.39, 0.29) is 11.8 Å². The van der Waals surface area contributed by atoms with E-state index < -0.39 is 6.04 Å². The molecule has 2 aromatic rings. The Morgan fingerprint density at radius 2 is 1.62 bits per heavy atom. The van der Waals surface area contributed by atoms with Crippen molar-refractivity contribution in [1.29, 1.82) is 0 Å². The molecule has 0 saturated heterocycles. The Bertz CT molecular complexity index is 812. The van der Waals surface area contributed by atoms with Gasteiger partial charge in [0.25, 0.3) is 0 Å². The molecule has 0 saturated carbocycles. The normalized spacial score (nSPS) is 11.9. The maximum atomic E-state index is 13.1. The van der Waals surface area contributed by atoms with Crippen molar-refractivity contribution >= 4 is 11.8 Å². The fourth-order valence-corrected chi connectivity index (χ4v) is 3.16. The van der Waals surface area contributed by atoms with Crippen LogP contribution in [0.4, 0.5) is 0 Å². The summed E-state index contributed by atoms with van der Waals surface area (Å²) >= 11 is 0. The highest BCUT2D eigenvalue weighted by Gasteiger charge is 2.26. The van der Waals surface area contributed by atoms with Gasteiger partial charge in [-0.05, 0) is 49.8 Å². The first kappa shape index (κ1) is 22.7. The summed E-state index contributed by atoms with van der Waals surface area (Å²) in [5.41, 5.74) is 4.53. The lowest BCUT2D eigenvalue weighted by molar-refractivity contribution is -0.140. The molecular formula is C25H34N2O2. The average molecular weight is 395 g/mol. The standard InChI is InChI=1S/C25H34N2O2/c1-18(2)16-26-25(29)21(5)27(17-23-9-7-6-8-20(23)4)24(28)15-14-22-12-10-19(3)11-13-22/h6-13,18,21H,14-17H2,1-5H3,(H,26,29). The number of rotatable bonds is 9. The molecule has 1 atom stereocenters. The van der Waals surface area contributed by atoms with Crippen LogP contribution in [0.25, 0.3) is 0 Å². The third kappa shape index (κ3) is 7.04. The highest BCUT2D eigenvalue weighted by Crippen LogP contribution is 2.16. The van der Waals surface area contributed by atoms with Crippen molar-refractivity contribution in [2.24, 2.45) is 5.92 Å². The molecule has 0 radical (unpaired) electrons. The molecule has 0 heterocycles. The highest BCUT2D eigenvalue weighted by atomic mass is 16.2. The Hall–Kier alpha value is -2.62. The van der Waals surface area contributed by atoms with Gasteiger partial charge in [0.2, 0.25) is 11.8 Å². The summed E-state index contributed by atoms with van der Waals surface area (Å²) in [4.78, 5) is 27.5. The molecule has 0 aliphatic heterocycles. The first-order valence-corrected chi connectivity index (χ1v) is 10.4. The van der Waals surface area contributed by atoms with Crippen molar-refractivity contribution in [2.75, 3.05) is 6.54 Å². The van der Waals surface area contributed by atoms with Crippen LogP contribution in [0.15, 0.2) is 48.5 Å². The van der Waals surface area contributed by atoms with E-state index in [0.29, 0.717) is 31.8 Å².